The molecule has 1 heterocycles. The summed E-state index contributed by atoms with van der Waals surface area (Å²) in [4.78, 5) is 0. The van der Waals surface area contributed by atoms with E-state index in [2.05, 4.69) is 0 Å². The molecule has 0 bridgehead atoms. The van der Waals surface area contributed by atoms with Gasteiger partial charge in [0.1, 0.15) is 11.3 Å². The van der Waals surface area contributed by atoms with Gasteiger partial charge < -0.3 is 9.52 Å². The van der Waals surface area contributed by atoms with Crippen LogP contribution in [-0.4, -0.2) is 5.11 Å². The SMILES string of the molecule is N=c1ccc2c(O)cc(CCC3CC3)cc2o1. The molecular weight excluding hydrogens is 214 g/mol. The molecule has 1 aliphatic rings. The van der Waals surface area contributed by atoms with Crippen LogP contribution in [0.2, 0.25) is 0 Å². The largest absolute Gasteiger partial charge is 0.507 e. The maximum Gasteiger partial charge on any atom is 0.211 e. The zero-order valence-corrected chi connectivity index (χ0v) is 9.57. The van der Waals surface area contributed by atoms with Crippen LogP contribution in [0.15, 0.2) is 28.7 Å². The first-order chi connectivity index (χ1) is 8.22. The number of hydrogen-bond acceptors (Lipinski definition) is 3. The molecule has 0 radical (unpaired) electrons. The van der Waals surface area contributed by atoms with Crippen molar-refractivity contribution in [2.45, 2.75) is 25.7 Å². The number of hydrogen-bond donors (Lipinski definition) is 2. The summed E-state index contributed by atoms with van der Waals surface area (Å²) < 4.78 is 5.31. The summed E-state index contributed by atoms with van der Waals surface area (Å²) in [5.41, 5.74) is 1.82. The van der Waals surface area contributed by atoms with Crippen molar-refractivity contribution in [3.8, 4) is 5.75 Å². The van der Waals surface area contributed by atoms with Crippen molar-refractivity contribution in [3.05, 3.63) is 35.4 Å². The van der Waals surface area contributed by atoms with E-state index >= 15 is 0 Å². The topological polar surface area (TPSA) is 57.2 Å². The quantitative estimate of drug-likeness (QED) is 0.850. The Morgan fingerprint density at radius 2 is 2.12 bits per heavy atom. The van der Waals surface area contributed by atoms with Crippen LogP contribution in [0.3, 0.4) is 0 Å². The molecule has 1 aromatic heterocycles. The second-order valence-electron chi connectivity index (χ2n) is 4.81. The zero-order valence-electron chi connectivity index (χ0n) is 9.57. The fraction of sp³-hybridized carbons (Fsp3) is 0.357. The van der Waals surface area contributed by atoms with E-state index in [1.807, 2.05) is 12.1 Å². The van der Waals surface area contributed by atoms with Gasteiger partial charge in [-0.1, -0.05) is 12.8 Å². The highest BCUT2D eigenvalue weighted by molar-refractivity contribution is 5.83. The van der Waals surface area contributed by atoms with Crippen LogP contribution in [0.1, 0.15) is 24.8 Å². The first-order valence-corrected chi connectivity index (χ1v) is 6.03. The zero-order chi connectivity index (χ0) is 11.8. The smallest absolute Gasteiger partial charge is 0.211 e. The van der Waals surface area contributed by atoms with Crippen molar-refractivity contribution < 1.29 is 9.52 Å². The summed E-state index contributed by atoms with van der Waals surface area (Å²) in [7, 11) is 0. The van der Waals surface area contributed by atoms with Crippen LogP contribution in [0, 0.1) is 11.3 Å². The molecule has 17 heavy (non-hydrogen) atoms. The van der Waals surface area contributed by atoms with E-state index in [4.69, 9.17) is 9.83 Å². The second kappa shape index (κ2) is 3.91. The third-order valence-corrected chi connectivity index (χ3v) is 3.34. The highest BCUT2D eigenvalue weighted by Gasteiger charge is 2.20. The number of aryl methyl sites for hydroxylation is 1. The highest BCUT2D eigenvalue weighted by atomic mass is 16.3. The lowest BCUT2D eigenvalue weighted by Gasteiger charge is -2.05. The number of aromatic hydroxyl groups is 1. The van der Waals surface area contributed by atoms with Gasteiger partial charge in [-0.05, 0) is 42.5 Å². The molecule has 2 aromatic rings. The molecule has 0 unspecified atom stereocenters. The lowest BCUT2D eigenvalue weighted by Crippen LogP contribution is -1.96. The Kier molecular flexibility index (Phi) is 2.39. The Hall–Kier alpha value is -1.77. The van der Waals surface area contributed by atoms with Crippen LogP contribution < -0.4 is 5.55 Å². The molecule has 0 atom stereocenters. The average Bonchev–Trinajstić information content (AvgIpc) is 3.09. The predicted octanol–water partition coefficient (Wildman–Crippen LogP) is 2.96. The molecule has 2 N–H and O–H groups in total. The maximum absolute atomic E-state index is 9.90. The lowest BCUT2D eigenvalue weighted by atomic mass is 10.0. The molecule has 3 rings (SSSR count). The molecule has 3 nitrogen and oxygen atoms in total. The Labute approximate surface area is 99.2 Å². The van der Waals surface area contributed by atoms with Gasteiger partial charge in [0.15, 0.2) is 0 Å². The van der Waals surface area contributed by atoms with E-state index in [9.17, 15) is 5.11 Å². The number of phenolic OH excluding ortho intramolecular Hbond substituents is 1. The monoisotopic (exact) mass is 229 g/mol. The fourth-order valence-electron chi connectivity index (χ4n) is 2.15. The standard InChI is InChI=1S/C14H15NO2/c15-14-6-5-11-12(16)7-10(8-13(11)17-14)4-3-9-1-2-9/h5-9,15-16H,1-4H2. The van der Waals surface area contributed by atoms with Gasteiger partial charge >= 0.3 is 0 Å². The van der Waals surface area contributed by atoms with E-state index < -0.39 is 0 Å². The van der Waals surface area contributed by atoms with Crippen molar-refractivity contribution in [2.75, 3.05) is 0 Å². The van der Waals surface area contributed by atoms with Crippen molar-refractivity contribution in [1.29, 1.82) is 5.41 Å². The van der Waals surface area contributed by atoms with Gasteiger partial charge in [0.05, 0.1) is 5.39 Å². The molecule has 0 saturated heterocycles. The van der Waals surface area contributed by atoms with Crippen LogP contribution >= 0.6 is 0 Å². The van der Waals surface area contributed by atoms with Gasteiger partial charge in [0.2, 0.25) is 5.55 Å². The molecule has 0 amide bonds. The highest BCUT2D eigenvalue weighted by Crippen LogP contribution is 2.34. The van der Waals surface area contributed by atoms with Crippen molar-refractivity contribution in [3.63, 3.8) is 0 Å². The number of rotatable bonds is 3. The van der Waals surface area contributed by atoms with Crippen LogP contribution in [0.25, 0.3) is 11.0 Å². The third kappa shape index (κ3) is 2.18. The minimum Gasteiger partial charge on any atom is -0.507 e. The van der Waals surface area contributed by atoms with Crippen LogP contribution in [0.4, 0.5) is 0 Å². The molecule has 1 aliphatic carbocycles. The van der Waals surface area contributed by atoms with E-state index in [0.29, 0.717) is 11.0 Å². The number of benzene rings is 1. The molecule has 1 saturated carbocycles. The van der Waals surface area contributed by atoms with Gasteiger partial charge in [0, 0.05) is 6.07 Å². The van der Waals surface area contributed by atoms with Gasteiger partial charge in [0.25, 0.3) is 0 Å². The molecule has 3 heteroatoms. The summed E-state index contributed by atoms with van der Waals surface area (Å²) in [5, 5.41) is 18.0. The molecule has 1 aromatic carbocycles. The summed E-state index contributed by atoms with van der Waals surface area (Å²) in [6, 6.07) is 7.02. The Morgan fingerprint density at radius 1 is 1.29 bits per heavy atom. The summed E-state index contributed by atoms with van der Waals surface area (Å²) in [5.74, 6) is 1.13. The van der Waals surface area contributed by atoms with Crippen molar-refractivity contribution >= 4 is 11.0 Å². The van der Waals surface area contributed by atoms with Gasteiger partial charge in [-0.15, -0.1) is 0 Å². The Morgan fingerprint density at radius 3 is 2.88 bits per heavy atom. The van der Waals surface area contributed by atoms with E-state index in [1.165, 1.54) is 19.3 Å². The second-order valence-corrected chi connectivity index (χ2v) is 4.81. The van der Waals surface area contributed by atoms with E-state index in [0.717, 1.165) is 17.9 Å². The van der Waals surface area contributed by atoms with E-state index in [1.54, 1.807) is 12.1 Å². The molecule has 1 fully saturated rings. The third-order valence-electron chi connectivity index (χ3n) is 3.34. The van der Waals surface area contributed by atoms with Gasteiger partial charge in [-0.2, -0.15) is 0 Å². The van der Waals surface area contributed by atoms with Crippen molar-refractivity contribution in [1.82, 2.24) is 0 Å². The van der Waals surface area contributed by atoms with E-state index in [-0.39, 0.29) is 11.3 Å². The Balaban J connectivity index is 1.98. The summed E-state index contributed by atoms with van der Waals surface area (Å²) in [6.45, 7) is 0. The first kappa shape index (κ1) is 10.4. The molecule has 88 valence electrons. The first-order valence-electron chi connectivity index (χ1n) is 6.03. The fourth-order valence-corrected chi connectivity index (χ4v) is 2.15. The minimum atomic E-state index is 0.122. The normalized spacial score (nSPS) is 15.3. The van der Waals surface area contributed by atoms with Crippen molar-refractivity contribution in [2.24, 2.45) is 5.92 Å². The lowest BCUT2D eigenvalue weighted by molar-refractivity contribution is 0.476. The molecular formula is C14H15NO2. The number of fused-ring (bicyclic) bond motifs is 1. The molecule has 0 aliphatic heterocycles. The number of nitrogens with one attached hydrogen (secondary N) is 1. The average molecular weight is 229 g/mol. The van der Waals surface area contributed by atoms with Gasteiger partial charge in [-0.25, -0.2) is 0 Å². The minimum absolute atomic E-state index is 0.122. The van der Waals surface area contributed by atoms with Gasteiger partial charge in [-0.3, -0.25) is 5.41 Å². The van der Waals surface area contributed by atoms with Crippen LogP contribution in [0.5, 0.6) is 5.75 Å². The summed E-state index contributed by atoms with van der Waals surface area (Å²) >= 11 is 0. The van der Waals surface area contributed by atoms with Crippen LogP contribution in [-0.2, 0) is 6.42 Å². The summed E-state index contributed by atoms with van der Waals surface area (Å²) in [6.07, 6.45) is 4.86. The number of phenols is 1. The molecule has 0 spiro atoms. The predicted molar refractivity (Wildman–Crippen MR) is 64.8 cm³/mol. The maximum atomic E-state index is 9.90. The Bertz CT molecular complexity index is 611.